The van der Waals surface area contributed by atoms with Crippen LogP contribution >= 0.6 is 0 Å². The number of rotatable bonds is 3. The molecule has 28 heavy (non-hydrogen) atoms. The molecule has 0 spiro atoms. The third-order valence-corrected chi connectivity index (χ3v) is 4.33. The van der Waals surface area contributed by atoms with Gasteiger partial charge in [0.25, 0.3) is 0 Å². The Morgan fingerprint density at radius 2 is 1.61 bits per heavy atom. The number of hydrogen-bond acceptors (Lipinski definition) is 6. The van der Waals surface area contributed by atoms with Gasteiger partial charge in [0.2, 0.25) is 0 Å². The first kappa shape index (κ1) is 17.4. The Balaban J connectivity index is 1.88. The van der Waals surface area contributed by atoms with Gasteiger partial charge in [-0.3, -0.25) is 9.59 Å². The molecule has 0 fully saturated rings. The van der Waals surface area contributed by atoms with E-state index in [-0.39, 0.29) is 28.4 Å². The highest BCUT2D eigenvalue weighted by Gasteiger charge is 2.14. The summed E-state index contributed by atoms with van der Waals surface area (Å²) in [4.78, 5) is 25.0. The van der Waals surface area contributed by atoms with Crippen LogP contribution in [-0.4, -0.2) is 10.9 Å². The Morgan fingerprint density at radius 1 is 0.893 bits per heavy atom. The molecule has 0 saturated heterocycles. The number of carbonyl (C=O) groups is 1. The maximum absolute atomic E-state index is 12.6. The lowest BCUT2D eigenvalue weighted by molar-refractivity contribution is -0.272. The zero-order valence-electron chi connectivity index (χ0n) is 14.3. The molecule has 4 aromatic rings. The minimum Gasteiger partial charge on any atom is -0.872 e. The zero-order chi connectivity index (χ0) is 19.8. The summed E-state index contributed by atoms with van der Waals surface area (Å²) in [7, 11) is 0. The first-order valence-corrected chi connectivity index (χ1v) is 8.34. The lowest BCUT2D eigenvalue weighted by Crippen LogP contribution is -2.13. The smallest absolute Gasteiger partial charge is 0.193 e. The molecule has 1 aromatic heterocycles. The first-order chi connectivity index (χ1) is 13.5. The molecule has 0 radical (unpaired) electrons. The number of ketones is 1. The Labute approximate surface area is 158 Å². The molecule has 0 aliphatic carbocycles. The Kier molecular flexibility index (Phi) is 4.08. The van der Waals surface area contributed by atoms with E-state index in [1.807, 2.05) is 0 Å². The van der Waals surface area contributed by atoms with Crippen LogP contribution in [0, 0.1) is 0 Å². The Morgan fingerprint density at radius 3 is 2.36 bits per heavy atom. The van der Waals surface area contributed by atoms with Crippen molar-refractivity contribution in [3.63, 3.8) is 0 Å². The van der Waals surface area contributed by atoms with E-state index in [1.54, 1.807) is 42.5 Å². The lowest BCUT2D eigenvalue weighted by Gasteiger charge is -2.17. The van der Waals surface area contributed by atoms with Gasteiger partial charge >= 0.3 is 0 Å². The van der Waals surface area contributed by atoms with Crippen LogP contribution in [0.5, 0.6) is 17.2 Å². The van der Waals surface area contributed by atoms with Gasteiger partial charge in [0.05, 0.1) is 5.39 Å². The second-order valence-corrected chi connectivity index (χ2v) is 6.18. The second kappa shape index (κ2) is 6.59. The molecule has 6 nitrogen and oxygen atoms in total. The van der Waals surface area contributed by atoms with E-state index in [0.717, 1.165) is 12.1 Å². The molecular formula is C22H12O6-2. The van der Waals surface area contributed by atoms with Crippen LogP contribution in [0.25, 0.3) is 22.3 Å². The Hall–Kier alpha value is -4.06. The number of aromatic hydroxyl groups is 1. The molecule has 0 atom stereocenters. The summed E-state index contributed by atoms with van der Waals surface area (Å²) in [5.41, 5.74) is -0.193. The molecule has 1 N–H and O–H groups in total. The van der Waals surface area contributed by atoms with Gasteiger partial charge < -0.3 is 19.7 Å². The quantitative estimate of drug-likeness (QED) is 0.553. The molecule has 6 heteroatoms. The number of fused-ring (bicyclic) bond motifs is 1. The van der Waals surface area contributed by atoms with Crippen LogP contribution in [0.3, 0.4) is 0 Å². The number of carbonyl (C=O) groups excluding carboxylic acids is 1. The molecule has 1 heterocycles. The predicted octanol–water partition coefficient (Wildman–Crippen LogP) is 2.54. The topological polar surface area (TPSA) is 114 Å². The van der Waals surface area contributed by atoms with Crippen molar-refractivity contribution in [3.8, 4) is 28.6 Å². The Bertz CT molecular complexity index is 1270. The maximum atomic E-state index is 12.6. The van der Waals surface area contributed by atoms with Gasteiger partial charge in [-0.25, -0.2) is 0 Å². The van der Waals surface area contributed by atoms with Crippen LogP contribution in [0.1, 0.15) is 15.9 Å². The summed E-state index contributed by atoms with van der Waals surface area (Å²) in [5, 5.41) is 33.6. The van der Waals surface area contributed by atoms with Crippen molar-refractivity contribution in [1.29, 1.82) is 0 Å². The molecular weight excluding hydrogens is 360 g/mol. The van der Waals surface area contributed by atoms with E-state index in [4.69, 9.17) is 4.42 Å². The van der Waals surface area contributed by atoms with Gasteiger partial charge in [-0.05, 0) is 17.9 Å². The van der Waals surface area contributed by atoms with Crippen molar-refractivity contribution in [3.05, 3.63) is 88.1 Å². The number of phenolic OH excluding ortho intramolecular Hbond substituents is 1. The summed E-state index contributed by atoms with van der Waals surface area (Å²) < 4.78 is 5.48. The number of hydrogen-bond donors (Lipinski definition) is 1. The summed E-state index contributed by atoms with van der Waals surface area (Å²) in [6, 6.07) is 16.7. The highest BCUT2D eigenvalue weighted by Crippen LogP contribution is 2.33. The highest BCUT2D eigenvalue weighted by atomic mass is 16.4. The van der Waals surface area contributed by atoms with Crippen molar-refractivity contribution in [2.24, 2.45) is 0 Å². The van der Waals surface area contributed by atoms with Gasteiger partial charge in [-0.1, -0.05) is 54.3 Å². The van der Waals surface area contributed by atoms with Gasteiger partial charge in [0.1, 0.15) is 17.1 Å². The monoisotopic (exact) mass is 372 g/mol. The molecule has 0 bridgehead atoms. The molecule has 0 unspecified atom stereocenters. The summed E-state index contributed by atoms with van der Waals surface area (Å²) in [5.74, 6) is -2.71. The minimum absolute atomic E-state index is 0.190. The zero-order valence-corrected chi connectivity index (χ0v) is 14.3. The van der Waals surface area contributed by atoms with Gasteiger partial charge in [-0.15, -0.1) is 0 Å². The average Bonchev–Trinajstić information content (AvgIpc) is 2.70. The average molecular weight is 372 g/mol. The maximum Gasteiger partial charge on any atom is 0.193 e. The van der Waals surface area contributed by atoms with Gasteiger partial charge in [0.15, 0.2) is 11.2 Å². The number of phenols is 1. The van der Waals surface area contributed by atoms with Crippen LogP contribution in [0.15, 0.2) is 75.9 Å². The summed E-state index contributed by atoms with van der Waals surface area (Å²) >= 11 is 0. The largest absolute Gasteiger partial charge is 0.872 e. The second-order valence-electron chi connectivity index (χ2n) is 6.18. The van der Waals surface area contributed by atoms with Crippen molar-refractivity contribution in [2.75, 3.05) is 0 Å². The fraction of sp³-hybridized carbons (Fsp3) is 0. The van der Waals surface area contributed by atoms with E-state index in [2.05, 4.69) is 0 Å². The van der Waals surface area contributed by atoms with E-state index < -0.39 is 22.3 Å². The standard InChI is InChI=1S/C22H14O6/c23-15-10-16(24)18-17(11-15)28-22(21(27)20(18)26)14-8-4-7-13(9-14)19(25)12-5-2-1-3-6-12/h1-11,23-24,27H/p-2. The normalized spacial score (nSPS) is 10.9. The summed E-state index contributed by atoms with van der Waals surface area (Å²) in [6.45, 7) is 0. The molecule has 0 aliphatic heterocycles. The van der Waals surface area contributed by atoms with Crippen molar-refractivity contribution >= 4 is 16.8 Å². The van der Waals surface area contributed by atoms with Crippen LogP contribution in [0.2, 0.25) is 0 Å². The third-order valence-electron chi connectivity index (χ3n) is 4.33. The predicted molar refractivity (Wildman–Crippen MR) is 98.4 cm³/mol. The molecule has 3 aromatic carbocycles. The fourth-order valence-electron chi connectivity index (χ4n) is 3.00. The lowest BCUT2D eigenvalue weighted by atomic mass is 10.00. The molecule has 4 rings (SSSR count). The van der Waals surface area contributed by atoms with Crippen molar-refractivity contribution < 1.29 is 24.5 Å². The minimum atomic E-state index is -1.01. The highest BCUT2D eigenvalue weighted by molar-refractivity contribution is 6.09. The molecule has 0 aliphatic rings. The third kappa shape index (κ3) is 2.87. The molecule has 0 amide bonds. The van der Waals surface area contributed by atoms with E-state index in [1.165, 1.54) is 12.1 Å². The van der Waals surface area contributed by atoms with Crippen LogP contribution in [0.4, 0.5) is 0 Å². The van der Waals surface area contributed by atoms with Crippen LogP contribution < -0.4 is 15.6 Å². The van der Waals surface area contributed by atoms with E-state index in [0.29, 0.717) is 11.1 Å². The summed E-state index contributed by atoms with van der Waals surface area (Å²) in [6.07, 6.45) is 0. The molecule has 138 valence electrons. The fourth-order valence-corrected chi connectivity index (χ4v) is 3.00. The van der Waals surface area contributed by atoms with E-state index in [9.17, 15) is 24.9 Å². The van der Waals surface area contributed by atoms with Crippen molar-refractivity contribution in [1.82, 2.24) is 0 Å². The van der Waals surface area contributed by atoms with E-state index >= 15 is 0 Å². The van der Waals surface area contributed by atoms with Crippen LogP contribution in [-0.2, 0) is 0 Å². The number of benzene rings is 3. The first-order valence-electron chi connectivity index (χ1n) is 8.34. The SMILES string of the molecule is O=C(c1ccccc1)c1cccc(-c2oc3cc(O)cc([O-])c3c(=O)c2[O-])c1. The molecule has 0 saturated carbocycles. The van der Waals surface area contributed by atoms with Crippen molar-refractivity contribution in [2.45, 2.75) is 0 Å². The van der Waals surface area contributed by atoms with Gasteiger partial charge in [0, 0.05) is 22.8 Å². The van der Waals surface area contributed by atoms with Gasteiger partial charge in [-0.2, -0.15) is 0 Å².